The molecule has 0 aromatic rings. The molecule has 0 radical (unpaired) electrons. The molecule has 7 nitrogen and oxygen atoms in total. The van der Waals surface area contributed by atoms with Gasteiger partial charge in [0.1, 0.15) is 6.04 Å². The van der Waals surface area contributed by atoms with Crippen LogP contribution < -0.4 is 5.32 Å². The SMILES string of the molecule is CCS(=O)(=O)N1CCCC(C(=O)N[C@H](CC(C)C)C(=O)O)C1. The molecule has 0 aromatic heterocycles. The zero-order valence-electron chi connectivity index (χ0n) is 13.4. The van der Waals surface area contributed by atoms with Crippen LogP contribution in [0.15, 0.2) is 0 Å². The summed E-state index contributed by atoms with van der Waals surface area (Å²) < 4.78 is 25.1. The van der Waals surface area contributed by atoms with Crippen molar-refractivity contribution in [1.29, 1.82) is 0 Å². The van der Waals surface area contributed by atoms with Gasteiger partial charge in [-0.3, -0.25) is 4.79 Å². The number of carboxylic acid groups (broad SMARTS) is 1. The molecule has 0 spiro atoms. The summed E-state index contributed by atoms with van der Waals surface area (Å²) in [6, 6.07) is -0.925. The number of carbonyl (C=O) groups is 2. The van der Waals surface area contributed by atoms with E-state index in [9.17, 15) is 18.0 Å². The molecule has 0 aliphatic carbocycles. The zero-order chi connectivity index (χ0) is 16.9. The number of aliphatic carboxylic acids is 1. The third-order valence-electron chi connectivity index (χ3n) is 3.83. The minimum absolute atomic E-state index is 0.00639. The van der Waals surface area contributed by atoms with Gasteiger partial charge in [-0.2, -0.15) is 0 Å². The van der Waals surface area contributed by atoms with Gasteiger partial charge in [0.25, 0.3) is 0 Å². The zero-order valence-corrected chi connectivity index (χ0v) is 14.2. The third-order valence-corrected chi connectivity index (χ3v) is 5.68. The molecule has 8 heteroatoms. The van der Waals surface area contributed by atoms with E-state index in [1.54, 1.807) is 6.92 Å². The van der Waals surface area contributed by atoms with Gasteiger partial charge in [0.2, 0.25) is 15.9 Å². The number of hydrogen-bond acceptors (Lipinski definition) is 4. The fraction of sp³-hybridized carbons (Fsp3) is 0.857. The van der Waals surface area contributed by atoms with Gasteiger partial charge in [-0.1, -0.05) is 13.8 Å². The Kier molecular flexibility index (Phi) is 6.80. The van der Waals surface area contributed by atoms with Crippen molar-refractivity contribution >= 4 is 21.9 Å². The summed E-state index contributed by atoms with van der Waals surface area (Å²) in [7, 11) is -3.31. The van der Waals surface area contributed by atoms with E-state index in [-0.39, 0.29) is 24.1 Å². The summed E-state index contributed by atoms with van der Waals surface area (Å²) in [6.07, 6.45) is 1.54. The predicted octanol–water partition coefficient (Wildman–Crippen LogP) is 0.664. The number of sulfonamides is 1. The predicted molar refractivity (Wildman–Crippen MR) is 82.8 cm³/mol. The molecule has 1 aliphatic rings. The lowest BCUT2D eigenvalue weighted by Crippen LogP contribution is -2.49. The number of carbonyl (C=O) groups excluding carboxylic acids is 1. The number of rotatable bonds is 7. The lowest BCUT2D eigenvalue weighted by molar-refractivity contribution is -0.143. The first kappa shape index (κ1) is 18.9. The van der Waals surface area contributed by atoms with Gasteiger partial charge in [-0.25, -0.2) is 17.5 Å². The van der Waals surface area contributed by atoms with E-state index in [4.69, 9.17) is 5.11 Å². The normalized spacial score (nSPS) is 21.5. The fourth-order valence-corrected chi connectivity index (χ4v) is 3.75. The quantitative estimate of drug-likeness (QED) is 0.712. The molecule has 0 bridgehead atoms. The second-order valence-corrected chi connectivity index (χ2v) is 8.38. The smallest absolute Gasteiger partial charge is 0.326 e. The molecule has 2 N–H and O–H groups in total. The van der Waals surface area contributed by atoms with Crippen LogP contribution in [0.5, 0.6) is 0 Å². The molecule has 1 saturated heterocycles. The average Bonchev–Trinajstić information content (AvgIpc) is 2.46. The molecule has 22 heavy (non-hydrogen) atoms. The number of hydrogen-bond donors (Lipinski definition) is 2. The Balaban J connectivity index is 2.70. The van der Waals surface area contributed by atoms with Crippen LogP contribution in [-0.2, 0) is 19.6 Å². The monoisotopic (exact) mass is 334 g/mol. The Morgan fingerprint density at radius 2 is 2.00 bits per heavy atom. The number of nitrogens with one attached hydrogen (secondary N) is 1. The lowest BCUT2D eigenvalue weighted by atomic mass is 9.97. The lowest BCUT2D eigenvalue weighted by Gasteiger charge is -2.31. The van der Waals surface area contributed by atoms with Crippen molar-refractivity contribution in [3.8, 4) is 0 Å². The van der Waals surface area contributed by atoms with Crippen LogP contribution in [0.4, 0.5) is 0 Å². The van der Waals surface area contributed by atoms with Crippen LogP contribution in [0, 0.1) is 11.8 Å². The highest BCUT2D eigenvalue weighted by molar-refractivity contribution is 7.89. The summed E-state index contributed by atoms with van der Waals surface area (Å²) in [6.45, 7) is 5.91. The highest BCUT2D eigenvalue weighted by Crippen LogP contribution is 2.20. The van der Waals surface area contributed by atoms with Gasteiger partial charge in [-0.05, 0) is 32.1 Å². The molecular weight excluding hydrogens is 308 g/mol. The number of carboxylic acids is 1. The maximum absolute atomic E-state index is 12.3. The first-order valence-corrected chi connectivity index (χ1v) is 9.29. The fourth-order valence-electron chi connectivity index (χ4n) is 2.57. The standard InChI is InChI=1S/C14H26N2O5S/c1-4-22(20,21)16-7-5-6-11(9-16)13(17)15-12(14(18)19)8-10(2)3/h10-12H,4-9H2,1-3H3,(H,15,17)(H,18,19)/t11?,12-/m1/s1. The first-order chi connectivity index (χ1) is 10.2. The van der Waals surface area contributed by atoms with Gasteiger partial charge in [0.05, 0.1) is 11.7 Å². The molecule has 0 aromatic carbocycles. The summed E-state index contributed by atoms with van der Waals surface area (Å²) in [5.41, 5.74) is 0. The minimum Gasteiger partial charge on any atom is -0.480 e. The molecule has 1 amide bonds. The second kappa shape index (κ2) is 7.92. The topological polar surface area (TPSA) is 104 Å². The number of nitrogens with zero attached hydrogens (tertiary/aromatic N) is 1. The van der Waals surface area contributed by atoms with Crippen LogP contribution in [0.25, 0.3) is 0 Å². The van der Waals surface area contributed by atoms with Crippen molar-refractivity contribution in [3.63, 3.8) is 0 Å². The van der Waals surface area contributed by atoms with Gasteiger partial charge in [0.15, 0.2) is 0 Å². The molecule has 1 unspecified atom stereocenters. The van der Waals surface area contributed by atoms with E-state index in [1.165, 1.54) is 4.31 Å². The Labute approximate surface area is 132 Å². The molecule has 2 atom stereocenters. The molecule has 1 heterocycles. The van der Waals surface area contributed by atoms with Crippen molar-refractivity contribution in [2.45, 2.75) is 46.1 Å². The third kappa shape index (κ3) is 5.24. The molecule has 128 valence electrons. The Morgan fingerprint density at radius 1 is 1.36 bits per heavy atom. The van der Waals surface area contributed by atoms with E-state index in [1.807, 2.05) is 13.8 Å². The maximum atomic E-state index is 12.3. The van der Waals surface area contributed by atoms with Gasteiger partial charge in [-0.15, -0.1) is 0 Å². The maximum Gasteiger partial charge on any atom is 0.326 e. The van der Waals surface area contributed by atoms with Crippen LogP contribution in [0.3, 0.4) is 0 Å². The molecule has 1 fully saturated rings. The van der Waals surface area contributed by atoms with Crippen molar-refractivity contribution in [2.24, 2.45) is 11.8 Å². The van der Waals surface area contributed by atoms with Gasteiger partial charge >= 0.3 is 5.97 Å². The van der Waals surface area contributed by atoms with Crippen molar-refractivity contribution < 1.29 is 23.1 Å². The van der Waals surface area contributed by atoms with E-state index >= 15 is 0 Å². The molecule has 1 rings (SSSR count). The average molecular weight is 334 g/mol. The highest BCUT2D eigenvalue weighted by atomic mass is 32.2. The van der Waals surface area contributed by atoms with Crippen LogP contribution in [0.1, 0.15) is 40.0 Å². The van der Waals surface area contributed by atoms with Gasteiger partial charge in [0, 0.05) is 13.1 Å². The summed E-state index contributed by atoms with van der Waals surface area (Å²) in [5.74, 6) is -1.76. The van der Waals surface area contributed by atoms with E-state index in [2.05, 4.69) is 5.32 Å². The van der Waals surface area contributed by atoms with Gasteiger partial charge < -0.3 is 10.4 Å². The molecule has 0 saturated carbocycles. The summed E-state index contributed by atoms with van der Waals surface area (Å²) in [4.78, 5) is 23.5. The van der Waals surface area contributed by atoms with E-state index in [0.717, 1.165) is 0 Å². The highest BCUT2D eigenvalue weighted by Gasteiger charge is 2.33. The second-order valence-electron chi connectivity index (χ2n) is 6.13. The number of amides is 1. The van der Waals surface area contributed by atoms with Crippen molar-refractivity contribution in [3.05, 3.63) is 0 Å². The summed E-state index contributed by atoms with van der Waals surface area (Å²) >= 11 is 0. The minimum atomic E-state index is -3.31. The largest absolute Gasteiger partial charge is 0.480 e. The van der Waals surface area contributed by atoms with Crippen LogP contribution >= 0.6 is 0 Å². The van der Waals surface area contributed by atoms with Crippen molar-refractivity contribution in [2.75, 3.05) is 18.8 Å². The van der Waals surface area contributed by atoms with E-state index < -0.39 is 28.0 Å². The van der Waals surface area contributed by atoms with E-state index in [0.29, 0.717) is 25.8 Å². The van der Waals surface area contributed by atoms with Crippen molar-refractivity contribution in [1.82, 2.24) is 9.62 Å². The van der Waals surface area contributed by atoms with Crippen LogP contribution in [-0.4, -0.2) is 54.6 Å². The molecular formula is C14H26N2O5S. The molecule has 1 aliphatic heterocycles. The Bertz CT molecular complexity index is 503. The van der Waals surface area contributed by atoms with Crippen LogP contribution in [0.2, 0.25) is 0 Å². The number of piperidine rings is 1. The summed E-state index contributed by atoms with van der Waals surface area (Å²) in [5, 5.41) is 11.7. The first-order valence-electron chi connectivity index (χ1n) is 7.68. The Morgan fingerprint density at radius 3 is 2.50 bits per heavy atom. The Hall–Kier alpha value is -1.15.